The molecule has 4 N–H and O–H groups in total. The highest BCUT2D eigenvalue weighted by Crippen LogP contribution is 2.19. The van der Waals surface area contributed by atoms with Crippen LogP contribution in [0.4, 0.5) is 5.69 Å². The number of rotatable bonds is 9. The van der Waals surface area contributed by atoms with Crippen LogP contribution in [0.1, 0.15) is 0 Å². The van der Waals surface area contributed by atoms with E-state index < -0.39 is 16.1 Å². The first-order chi connectivity index (χ1) is 9.44. The largest absolute Gasteiger partial charge is 0.490 e. The number of aliphatic hydroxyl groups excluding tert-OH is 1. The number of aliphatic hydroxyl groups is 1. The van der Waals surface area contributed by atoms with E-state index in [2.05, 4.69) is 4.72 Å². The number of anilines is 1. The number of sulfonamides is 1. The highest BCUT2D eigenvalue weighted by molar-refractivity contribution is 7.89. The van der Waals surface area contributed by atoms with Crippen molar-refractivity contribution in [3.63, 3.8) is 0 Å². The molecule has 20 heavy (non-hydrogen) atoms. The maximum atomic E-state index is 11.6. The molecule has 1 atom stereocenters. The van der Waals surface area contributed by atoms with Crippen molar-refractivity contribution in [2.75, 3.05) is 38.4 Å². The van der Waals surface area contributed by atoms with Crippen LogP contribution in [0.25, 0.3) is 0 Å². The normalized spacial score (nSPS) is 13.1. The highest BCUT2D eigenvalue weighted by atomic mass is 32.2. The topological polar surface area (TPSA) is 111 Å². The Morgan fingerprint density at radius 2 is 2.10 bits per heavy atom. The first-order valence-electron chi connectivity index (χ1n) is 6.06. The molecule has 0 bridgehead atoms. The molecule has 7 nitrogen and oxygen atoms in total. The van der Waals surface area contributed by atoms with Gasteiger partial charge in [-0.3, -0.25) is 0 Å². The summed E-state index contributed by atoms with van der Waals surface area (Å²) in [7, 11) is -2.08. The van der Waals surface area contributed by atoms with Gasteiger partial charge in [0.25, 0.3) is 0 Å². The Morgan fingerprint density at radius 3 is 2.75 bits per heavy atom. The third kappa shape index (κ3) is 6.20. The van der Waals surface area contributed by atoms with E-state index in [1.165, 1.54) is 7.11 Å². The zero-order chi connectivity index (χ0) is 15.0. The number of methoxy groups -OCH3 is 1. The Kier molecular flexibility index (Phi) is 6.73. The van der Waals surface area contributed by atoms with Crippen molar-refractivity contribution in [1.82, 2.24) is 4.72 Å². The standard InChI is InChI=1S/C12H20N2O5S/c1-18-9-10(15)8-14-20(16,17)7-6-19-12-5-3-2-4-11(12)13/h2-5,10,14-15H,6-9,13H2,1H3. The van der Waals surface area contributed by atoms with Gasteiger partial charge in [0, 0.05) is 13.7 Å². The number of ether oxygens (including phenoxy) is 2. The molecule has 0 saturated carbocycles. The summed E-state index contributed by atoms with van der Waals surface area (Å²) in [5, 5.41) is 9.35. The Morgan fingerprint density at radius 1 is 1.40 bits per heavy atom. The lowest BCUT2D eigenvalue weighted by atomic mass is 10.3. The third-order valence-corrected chi connectivity index (χ3v) is 3.74. The second kappa shape index (κ2) is 8.05. The molecule has 0 saturated heterocycles. The molecule has 0 aromatic heterocycles. The summed E-state index contributed by atoms with van der Waals surface area (Å²) in [4.78, 5) is 0. The van der Waals surface area contributed by atoms with Gasteiger partial charge in [-0.2, -0.15) is 0 Å². The van der Waals surface area contributed by atoms with Gasteiger partial charge in [0.2, 0.25) is 10.0 Å². The zero-order valence-corrected chi connectivity index (χ0v) is 12.1. The van der Waals surface area contributed by atoms with Gasteiger partial charge in [-0.25, -0.2) is 13.1 Å². The van der Waals surface area contributed by atoms with Gasteiger partial charge in [0.15, 0.2) is 0 Å². The Hall–Kier alpha value is -1.35. The molecule has 1 aromatic rings. The van der Waals surface area contributed by atoms with Crippen LogP contribution in [0.15, 0.2) is 24.3 Å². The maximum Gasteiger partial charge on any atom is 0.215 e. The average molecular weight is 304 g/mol. The molecule has 1 unspecified atom stereocenters. The van der Waals surface area contributed by atoms with Gasteiger partial charge in [-0.1, -0.05) is 12.1 Å². The van der Waals surface area contributed by atoms with Gasteiger partial charge in [-0.15, -0.1) is 0 Å². The van der Waals surface area contributed by atoms with Crippen molar-refractivity contribution in [3.8, 4) is 5.75 Å². The lowest BCUT2D eigenvalue weighted by molar-refractivity contribution is 0.0679. The minimum atomic E-state index is -3.51. The molecular weight excluding hydrogens is 284 g/mol. The molecule has 0 spiro atoms. The van der Waals surface area contributed by atoms with E-state index in [9.17, 15) is 13.5 Å². The molecule has 1 aromatic carbocycles. The molecule has 1 rings (SSSR count). The molecule has 0 aliphatic heterocycles. The van der Waals surface area contributed by atoms with Crippen LogP contribution in [-0.4, -0.2) is 52.2 Å². The molecule has 0 heterocycles. The number of nitrogens with two attached hydrogens (primary N) is 1. The molecule has 8 heteroatoms. The van der Waals surface area contributed by atoms with Crippen molar-refractivity contribution >= 4 is 15.7 Å². The SMILES string of the molecule is COCC(O)CNS(=O)(=O)CCOc1ccccc1N. The summed E-state index contributed by atoms with van der Waals surface area (Å²) in [6.45, 7) is -0.0485. The predicted octanol–water partition coefficient (Wildman–Crippen LogP) is -0.426. The van der Waals surface area contributed by atoms with E-state index in [1.54, 1.807) is 24.3 Å². The van der Waals surface area contributed by atoms with Crippen molar-refractivity contribution in [3.05, 3.63) is 24.3 Å². The molecule has 0 fully saturated rings. The summed E-state index contributed by atoms with van der Waals surface area (Å²) in [6.07, 6.45) is -0.875. The van der Waals surface area contributed by atoms with E-state index in [1.807, 2.05) is 0 Å². The number of nitrogens with one attached hydrogen (secondary N) is 1. The van der Waals surface area contributed by atoms with Crippen LogP contribution in [0.2, 0.25) is 0 Å². The maximum absolute atomic E-state index is 11.6. The zero-order valence-electron chi connectivity index (χ0n) is 11.3. The summed E-state index contributed by atoms with van der Waals surface area (Å²) < 4.78 is 35.5. The second-order valence-electron chi connectivity index (χ2n) is 4.16. The van der Waals surface area contributed by atoms with Crippen LogP contribution in [0, 0.1) is 0 Å². The van der Waals surface area contributed by atoms with E-state index in [0.717, 1.165) is 0 Å². The van der Waals surface area contributed by atoms with Crippen LogP contribution in [-0.2, 0) is 14.8 Å². The van der Waals surface area contributed by atoms with Gasteiger partial charge in [-0.05, 0) is 12.1 Å². The first kappa shape index (κ1) is 16.7. The first-order valence-corrected chi connectivity index (χ1v) is 7.71. The van der Waals surface area contributed by atoms with Crippen LogP contribution in [0.3, 0.4) is 0 Å². The van der Waals surface area contributed by atoms with Crippen molar-refractivity contribution in [1.29, 1.82) is 0 Å². The fourth-order valence-corrected chi connectivity index (χ4v) is 2.31. The van der Waals surface area contributed by atoms with Gasteiger partial charge < -0.3 is 20.3 Å². The fraction of sp³-hybridized carbons (Fsp3) is 0.500. The lowest BCUT2D eigenvalue weighted by Crippen LogP contribution is -2.36. The van der Waals surface area contributed by atoms with Gasteiger partial charge >= 0.3 is 0 Å². The molecule has 0 radical (unpaired) electrons. The average Bonchev–Trinajstić information content (AvgIpc) is 2.39. The Bertz CT molecular complexity index is 506. The number of hydrogen-bond donors (Lipinski definition) is 3. The fourth-order valence-electron chi connectivity index (χ4n) is 1.42. The minimum absolute atomic E-state index is 0.0239. The lowest BCUT2D eigenvalue weighted by Gasteiger charge is -2.12. The predicted molar refractivity (Wildman–Crippen MR) is 76.0 cm³/mol. The van der Waals surface area contributed by atoms with Crippen molar-refractivity contribution < 1.29 is 23.0 Å². The number of hydrogen-bond acceptors (Lipinski definition) is 6. The molecule has 114 valence electrons. The summed E-state index contributed by atoms with van der Waals surface area (Å²) in [5.74, 6) is 0.225. The van der Waals surface area contributed by atoms with E-state index in [-0.39, 0.29) is 25.5 Å². The highest BCUT2D eigenvalue weighted by Gasteiger charge is 2.13. The van der Waals surface area contributed by atoms with E-state index in [4.69, 9.17) is 15.2 Å². The third-order valence-electron chi connectivity index (χ3n) is 2.43. The summed E-state index contributed by atoms with van der Waals surface area (Å²) in [5.41, 5.74) is 6.12. The molecular formula is C12H20N2O5S. The van der Waals surface area contributed by atoms with Crippen molar-refractivity contribution in [2.24, 2.45) is 0 Å². The molecule has 0 aliphatic rings. The van der Waals surface area contributed by atoms with Crippen LogP contribution < -0.4 is 15.2 Å². The van der Waals surface area contributed by atoms with E-state index in [0.29, 0.717) is 11.4 Å². The molecule has 0 aliphatic carbocycles. The van der Waals surface area contributed by atoms with E-state index >= 15 is 0 Å². The number of para-hydroxylation sites is 2. The number of benzene rings is 1. The summed E-state index contributed by atoms with van der Waals surface area (Å²) in [6, 6.07) is 6.85. The monoisotopic (exact) mass is 304 g/mol. The smallest absolute Gasteiger partial charge is 0.215 e. The van der Waals surface area contributed by atoms with Gasteiger partial charge in [0.05, 0.1) is 24.2 Å². The Balaban J connectivity index is 2.35. The van der Waals surface area contributed by atoms with Crippen molar-refractivity contribution in [2.45, 2.75) is 6.10 Å². The summed E-state index contributed by atoms with van der Waals surface area (Å²) >= 11 is 0. The molecule has 0 amide bonds. The minimum Gasteiger partial charge on any atom is -0.490 e. The number of nitrogen functional groups attached to an aromatic ring is 1. The Labute approximate surface area is 118 Å². The van der Waals surface area contributed by atoms with Crippen LogP contribution >= 0.6 is 0 Å². The second-order valence-corrected chi connectivity index (χ2v) is 6.09. The quantitative estimate of drug-likeness (QED) is 0.534. The van der Waals surface area contributed by atoms with Crippen LogP contribution in [0.5, 0.6) is 5.75 Å². The van der Waals surface area contributed by atoms with Gasteiger partial charge in [0.1, 0.15) is 12.4 Å².